The molecule has 1 fully saturated rings. The van der Waals surface area contributed by atoms with Crippen molar-refractivity contribution >= 4 is 23.5 Å². The van der Waals surface area contributed by atoms with Crippen molar-refractivity contribution in [2.24, 2.45) is 0 Å². The van der Waals surface area contributed by atoms with Gasteiger partial charge >= 0.3 is 5.97 Å². The summed E-state index contributed by atoms with van der Waals surface area (Å²) in [5.41, 5.74) is 1.44. The number of anilines is 1. The minimum atomic E-state index is -0.842. The Bertz CT molecular complexity index is 491. The van der Waals surface area contributed by atoms with Crippen LogP contribution in [0.4, 0.5) is 5.69 Å². The van der Waals surface area contributed by atoms with Crippen molar-refractivity contribution in [3.05, 3.63) is 29.8 Å². The van der Waals surface area contributed by atoms with E-state index in [0.717, 1.165) is 5.56 Å². The molecule has 0 radical (unpaired) electrons. The summed E-state index contributed by atoms with van der Waals surface area (Å²) in [7, 11) is 0. The van der Waals surface area contributed by atoms with Crippen LogP contribution in [0.2, 0.25) is 0 Å². The molecule has 0 unspecified atom stereocenters. The van der Waals surface area contributed by atoms with E-state index in [1.807, 2.05) is 0 Å². The monoisotopic (exact) mass is 261 g/mol. The van der Waals surface area contributed by atoms with Gasteiger partial charge in [-0.05, 0) is 30.5 Å². The molecule has 0 aromatic heterocycles. The molecular weight excluding hydrogens is 246 g/mol. The van der Waals surface area contributed by atoms with Crippen molar-refractivity contribution in [1.82, 2.24) is 0 Å². The second-order valence-electron chi connectivity index (χ2n) is 4.54. The number of imide groups is 1. The third-order valence-electron chi connectivity index (χ3n) is 3.10. The molecule has 0 atom stereocenters. The van der Waals surface area contributed by atoms with Crippen molar-refractivity contribution in [2.45, 2.75) is 32.1 Å². The minimum Gasteiger partial charge on any atom is -0.481 e. The quantitative estimate of drug-likeness (QED) is 0.838. The summed E-state index contributed by atoms with van der Waals surface area (Å²) in [5.74, 6) is -1.19. The number of benzene rings is 1. The van der Waals surface area contributed by atoms with Crippen LogP contribution in [0.3, 0.4) is 0 Å². The summed E-state index contributed by atoms with van der Waals surface area (Å²) in [4.78, 5) is 35.2. The van der Waals surface area contributed by atoms with E-state index >= 15 is 0 Å². The van der Waals surface area contributed by atoms with Crippen LogP contribution in [0.25, 0.3) is 0 Å². The summed E-state index contributed by atoms with van der Waals surface area (Å²) in [6.07, 6.45) is 1.92. The Hall–Kier alpha value is -2.17. The van der Waals surface area contributed by atoms with Crippen LogP contribution in [-0.4, -0.2) is 22.9 Å². The molecule has 19 heavy (non-hydrogen) atoms. The van der Waals surface area contributed by atoms with Gasteiger partial charge < -0.3 is 5.11 Å². The van der Waals surface area contributed by atoms with Gasteiger partial charge in [-0.25, -0.2) is 0 Å². The fourth-order valence-electron chi connectivity index (χ4n) is 2.10. The van der Waals surface area contributed by atoms with Crippen LogP contribution < -0.4 is 4.90 Å². The summed E-state index contributed by atoms with van der Waals surface area (Å²) in [5, 5.41) is 8.61. The predicted molar refractivity (Wildman–Crippen MR) is 68.7 cm³/mol. The van der Waals surface area contributed by atoms with Crippen LogP contribution in [-0.2, 0) is 20.8 Å². The molecule has 100 valence electrons. The lowest BCUT2D eigenvalue weighted by molar-refractivity contribution is -0.137. The number of aryl methyl sites for hydroxylation is 1. The number of nitrogens with zero attached hydrogens (tertiary/aromatic N) is 1. The van der Waals surface area contributed by atoms with E-state index in [1.165, 1.54) is 4.90 Å². The topological polar surface area (TPSA) is 74.7 Å². The van der Waals surface area contributed by atoms with E-state index in [2.05, 4.69) is 0 Å². The van der Waals surface area contributed by atoms with Crippen molar-refractivity contribution in [2.75, 3.05) is 4.90 Å². The van der Waals surface area contributed by atoms with Gasteiger partial charge in [-0.2, -0.15) is 0 Å². The first-order chi connectivity index (χ1) is 9.08. The Morgan fingerprint density at radius 2 is 1.68 bits per heavy atom. The number of hydrogen-bond acceptors (Lipinski definition) is 3. The SMILES string of the molecule is O=C(O)CCc1ccc(N2C(=O)CCCC2=O)cc1. The molecule has 1 saturated heterocycles. The second kappa shape index (κ2) is 5.65. The van der Waals surface area contributed by atoms with Gasteiger partial charge in [0.15, 0.2) is 0 Å². The van der Waals surface area contributed by atoms with E-state index in [9.17, 15) is 14.4 Å². The largest absolute Gasteiger partial charge is 0.481 e. The van der Waals surface area contributed by atoms with Crippen molar-refractivity contribution in [3.63, 3.8) is 0 Å². The average molecular weight is 261 g/mol. The Balaban J connectivity index is 2.11. The zero-order valence-corrected chi connectivity index (χ0v) is 10.5. The van der Waals surface area contributed by atoms with E-state index in [1.54, 1.807) is 24.3 Å². The molecule has 0 aliphatic carbocycles. The zero-order chi connectivity index (χ0) is 13.8. The van der Waals surface area contributed by atoms with Gasteiger partial charge in [0.05, 0.1) is 5.69 Å². The number of piperidine rings is 1. The highest BCUT2D eigenvalue weighted by molar-refractivity contribution is 6.16. The lowest BCUT2D eigenvalue weighted by Crippen LogP contribution is -2.40. The number of carbonyl (C=O) groups is 3. The number of carboxylic acid groups (broad SMARTS) is 1. The molecule has 1 N–H and O–H groups in total. The molecule has 5 heteroatoms. The maximum atomic E-state index is 11.7. The molecule has 5 nitrogen and oxygen atoms in total. The van der Waals surface area contributed by atoms with Gasteiger partial charge in [0.25, 0.3) is 0 Å². The molecular formula is C14H15NO4. The van der Waals surface area contributed by atoms with Crippen molar-refractivity contribution in [3.8, 4) is 0 Å². The lowest BCUT2D eigenvalue weighted by atomic mass is 10.1. The summed E-state index contributed by atoms with van der Waals surface area (Å²) >= 11 is 0. The first-order valence-corrected chi connectivity index (χ1v) is 6.24. The Labute approximate surface area is 110 Å². The molecule has 1 aromatic carbocycles. The average Bonchev–Trinajstić information content (AvgIpc) is 2.37. The number of amides is 2. The minimum absolute atomic E-state index is 0.0704. The first kappa shape index (κ1) is 13.3. The molecule has 2 rings (SSSR count). The Morgan fingerprint density at radius 1 is 1.11 bits per heavy atom. The maximum Gasteiger partial charge on any atom is 0.303 e. The summed E-state index contributed by atoms with van der Waals surface area (Å²) in [6, 6.07) is 6.90. The van der Waals surface area contributed by atoms with Crippen LogP contribution in [0.15, 0.2) is 24.3 Å². The smallest absolute Gasteiger partial charge is 0.303 e. The first-order valence-electron chi connectivity index (χ1n) is 6.24. The molecule has 1 heterocycles. The number of rotatable bonds is 4. The van der Waals surface area contributed by atoms with Gasteiger partial charge in [-0.1, -0.05) is 12.1 Å². The van der Waals surface area contributed by atoms with E-state index in [4.69, 9.17) is 5.11 Å². The van der Waals surface area contributed by atoms with Gasteiger partial charge in [-0.3, -0.25) is 19.3 Å². The standard InChI is InChI=1S/C14H15NO4/c16-12-2-1-3-13(17)15(12)11-7-4-10(5-8-11)6-9-14(18)19/h4-5,7-8H,1-3,6,9H2,(H,18,19). The van der Waals surface area contributed by atoms with Gasteiger partial charge in [-0.15, -0.1) is 0 Å². The lowest BCUT2D eigenvalue weighted by Gasteiger charge is -2.24. The molecule has 1 aliphatic heterocycles. The number of hydrogen-bond donors (Lipinski definition) is 1. The third kappa shape index (κ3) is 3.19. The normalized spacial score (nSPS) is 15.7. The van der Waals surface area contributed by atoms with E-state index in [0.29, 0.717) is 31.4 Å². The predicted octanol–water partition coefficient (Wildman–Crippen LogP) is 1.75. The Morgan fingerprint density at radius 3 is 2.21 bits per heavy atom. The molecule has 0 bridgehead atoms. The Kier molecular flexibility index (Phi) is 3.94. The summed E-state index contributed by atoms with van der Waals surface area (Å²) in [6.45, 7) is 0. The number of aliphatic carboxylic acids is 1. The highest BCUT2D eigenvalue weighted by atomic mass is 16.4. The molecule has 1 aromatic rings. The van der Waals surface area contributed by atoms with Crippen LogP contribution in [0.1, 0.15) is 31.2 Å². The van der Waals surface area contributed by atoms with Gasteiger partial charge in [0.1, 0.15) is 0 Å². The fraction of sp³-hybridized carbons (Fsp3) is 0.357. The fourth-order valence-corrected chi connectivity index (χ4v) is 2.10. The van der Waals surface area contributed by atoms with Crippen LogP contribution >= 0.6 is 0 Å². The number of carbonyl (C=O) groups excluding carboxylic acids is 2. The third-order valence-corrected chi connectivity index (χ3v) is 3.10. The van der Waals surface area contributed by atoms with Crippen molar-refractivity contribution in [1.29, 1.82) is 0 Å². The second-order valence-corrected chi connectivity index (χ2v) is 4.54. The molecule has 0 spiro atoms. The molecule has 1 aliphatic rings. The van der Waals surface area contributed by atoms with Crippen LogP contribution in [0.5, 0.6) is 0 Å². The van der Waals surface area contributed by atoms with Gasteiger partial charge in [0, 0.05) is 19.3 Å². The maximum absolute atomic E-state index is 11.7. The highest BCUT2D eigenvalue weighted by Crippen LogP contribution is 2.22. The highest BCUT2D eigenvalue weighted by Gasteiger charge is 2.27. The van der Waals surface area contributed by atoms with Crippen LogP contribution in [0, 0.1) is 0 Å². The zero-order valence-electron chi connectivity index (χ0n) is 10.5. The summed E-state index contributed by atoms with van der Waals surface area (Å²) < 4.78 is 0. The molecule has 2 amide bonds. The van der Waals surface area contributed by atoms with Gasteiger partial charge in [0.2, 0.25) is 11.8 Å². The van der Waals surface area contributed by atoms with E-state index in [-0.39, 0.29) is 18.2 Å². The van der Waals surface area contributed by atoms with Crippen molar-refractivity contribution < 1.29 is 19.5 Å². The van der Waals surface area contributed by atoms with E-state index < -0.39 is 5.97 Å². The number of carboxylic acids is 1. The molecule has 0 saturated carbocycles.